The molecule has 0 aliphatic carbocycles. The van der Waals surface area contributed by atoms with Crippen LogP contribution in [0, 0.1) is 0 Å². The summed E-state index contributed by atoms with van der Waals surface area (Å²) >= 11 is 0. The van der Waals surface area contributed by atoms with Crippen molar-refractivity contribution in [3.63, 3.8) is 0 Å². The number of amides is 1. The number of hydrogen-bond donors (Lipinski definition) is 2. The molecule has 0 radical (unpaired) electrons. The van der Waals surface area contributed by atoms with Gasteiger partial charge in [-0.2, -0.15) is 0 Å². The molecule has 5 nitrogen and oxygen atoms in total. The van der Waals surface area contributed by atoms with Gasteiger partial charge in [-0.1, -0.05) is 30.3 Å². The molecule has 23 heavy (non-hydrogen) atoms. The molecule has 0 aromatic heterocycles. The predicted octanol–water partition coefficient (Wildman–Crippen LogP) is 2.63. The van der Waals surface area contributed by atoms with Crippen molar-refractivity contribution in [1.82, 2.24) is 5.32 Å². The molecule has 1 amide bonds. The van der Waals surface area contributed by atoms with Crippen LogP contribution in [0.5, 0.6) is 11.5 Å². The molecule has 2 atom stereocenters. The Balaban J connectivity index is 1.94. The second-order valence-electron chi connectivity index (χ2n) is 5.28. The summed E-state index contributed by atoms with van der Waals surface area (Å²) in [6.45, 7) is 2.10. The molecule has 2 rings (SSSR count). The molecule has 2 aromatic rings. The summed E-state index contributed by atoms with van der Waals surface area (Å²) in [6.07, 6.45) is 0. The molecular formula is C18H22N2O3. The van der Waals surface area contributed by atoms with Crippen LogP contribution in [0.4, 0.5) is 0 Å². The molecule has 0 bridgehead atoms. The van der Waals surface area contributed by atoms with Crippen molar-refractivity contribution in [3.8, 4) is 11.5 Å². The average Bonchev–Trinajstić information content (AvgIpc) is 2.56. The summed E-state index contributed by atoms with van der Waals surface area (Å²) in [5.74, 6) is 1.30. The number of rotatable bonds is 7. The highest BCUT2D eigenvalue weighted by Gasteiger charge is 2.16. The van der Waals surface area contributed by atoms with Crippen molar-refractivity contribution >= 4 is 5.91 Å². The van der Waals surface area contributed by atoms with E-state index >= 15 is 0 Å². The molecule has 0 saturated carbocycles. The highest BCUT2D eigenvalue weighted by Crippen LogP contribution is 2.23. The zero-order chi connectivity index (χ0) is 16.7. The summed E-state index contributed by atoms with van der Waals surface area (Å²) in [5, 5.41) is 2.87. The predicted molar refractivity (Wildman–Crippen MR) is 89.4 cm³/mol. The second kappa shape index (κ2) is 8.31. The molecule has 0 spiro atoms. The second-order valence-corrected chi connectivity index (χ2v) is 5.28. The third-order valence-electron chi connectivity index (χ3n) is 3.40. The molecule has 5 heteroatoms. The molecule has 0 aliphatic heterocycles. The van der Waals surface area contributed by atoms with Gasteiger partial charge in [0.25, 0.3) is 0 Å². The fourth-order valence-corrected chi connectivity index (χ4v) is 2.11. The Morgan fingerprint density at radius 3 is 2.30 bits per heavy atom. The Morgan fingerprint density at radius 1 is 1.09 bits per heavy atom. The van der Waals surface area contributed by atoms with Gasteiger partial charge in [-0.15, -0.1) is 0 Å². The Morgan fingerprint density at radius 2 is 1.70 bits per heavy atom. The largest absolute Gasteiger partial charge is 0.457 e. The first-order chi connectivity index (χ1) is 11.1. The van der Waals surface area contributed by atoms with Crippen molar-refractivity contribution in [2.45, 2.75) is 19.0 Å². The van der Waals surface area contributed by atoms with Gasteiger partial charge in [-0.25, -0.2) is 0 Å². The van der Waals surface area contributed by atoms with Gasteiger partial charge < -0.3 is 20.5 Å². The van der Waals surface area contributed by atoms with E-state index in [-0.39, 0.29) is 18.6 Å². The minimum atomic E-state index is -0.664. The number of nitrogens with two attached hydrogens (primary N) is 1. The highest BCUT2D eigenvalue weighted by molar-refractivity contribution is 5.82. The lowest BCUT2D eigenvalue weighted by Gasteiger charge is -2.18. The number of hydrogen-bond acceptors (Lipinski definition) is 4. The van der Waals surface area contributed by atoms with E-state index in [0.717, 1.165) is 17.1 Å². The summed E-state index contributed by atoms with van der Waals surface area (Å²) in [5.41, 5.74) is 6.68. The molecule has 0 heterocycles. The smallest absolute Gasteiger partial charge is 0.239 e. The number of nitrogens with one attached hydrogen (secondary N) is 1. The number of para-hydroxylation sites is 1. The quantitative estimate of drug-likeness (QED) is 0.824. The van der Waals surface area contributed by atoms with Gasteiger partial charge in [0.15, 0.2) is 0 Å². The topological polar surface area (TPSA) is 73.6 Å². The lowest BCUT2D eigenvalue weighted by Crippen LogP contribution is -2.44. The maximum Gasteiger partial charge on any atom is 0.239 e. The van der Waals surface area contributed by atoms with E-state index in [1.807, 2.05) is 61.5 Å². The van der Waals surface area contributed by atoms with Gasteiger partial charge in [0.1, 0.15) is 17.5 Å². The van der Waals surface area contributed by atoms with Crippen LogP contribution >= 0.6 is 0 Å². The minimum absolute atomic E-state index is 0.142. The summed E-state index contributed by atoms with van der Waals surface area (Å²) in [4.78, 5) is 11.9. The van der Waals surface area contributed by atoms with Gasteiger partial charge in [0, 0.05) is 7.11 Å². The van der Waals surface area contributed by atoms with E-state index in [0.29, 0.717) is 0 Å². The van der Waals surface area contributed by atoms with E-state index in [2.05, 4.69) is 5.32 Å². The first-order valence-electron chi connectivity index (χ1n) is 7.48. The Kier molecular flexibility index (Phi) is 6.14. The zero-order valence-corrected chi connectivity index (χ0v) is 13.4. The molecule has 0 saturated heterocycles. The van der Waals surface area contributed by atoms with Crippen LogP contribution in [0.3, 0.4) is 0 Å². The normalized spacial score (nSPS) is 13.2. The van der Waals surface area contributed by atoms with Crippen molar-refractivity contribution in [2.24, 2.45) is 5.73 Å². The van der Waals surface area contributed by atoms with Crippen LogP contribution in [0.15, 0.2) is 54.6 Å². The third-order valence-corrected chi connectivity index (χ3v) is 3.40. The van der Waals surface area contributed by atoms with Crippen LogP contribution in [-0.2, 0) is 9.53 Å². The van der Waals surface area contributed by atoms with Crippen LogP contribution in [0.2, 0.25) is 0 Å². The van der Waals surface area contributed by atoms with Crippen molar-refractivity contribution in [2.75, 3.05) is 13.7 Å². The van der Waals surface area contributed by atoms with Crippen molar-refractivity contribution in [3.05, 3.63) is 60.2 Å². The van der Waals surface area contributed by atoms with Gasteiger partial charge in [-0.05, 0) is 36.8 Å². The van der Waals surface area contributed by atoms with Gasteiger partial charge in [-0.3, -0.25) is 4.79 Å². The summed E-state index contributed by atoms with van der Waals surface area (Å²) in [7, 11) is 1.52. The van der Waals surface area contributed by atoms with Crippen LogP contribution in [0.25, 0.3) is 0 Å². The maximum absolute atomic E-state index is 11.9. The number of carbonyl (C=O) groups excluding carboxylic acids is 1. The van der Waals surface area contributed by atoms with E-state index in [9.17, 15) is 4.79 Å². The number of benzene rings is 2. The summed E-state index contributed by atoms with van der Waals surface area (Å²) < 4.78 is 10.6. The maximum atomic E-state index is 11.9. The molecule has 2 aromatic carbocycles. The number of methoxy groups -OCH3 is 1. The lowest BCUT2D eigenvalue weighted by molar-refractivity contribution is -0.124. The molecular weight excluding hydrogens is 292 g/mol. The molecule has 2 unspecified atom stereocenters. The SMILES string of the molecule is COCC(N)C(=O)NC(C)c1ccc(Oc2ccccc2)cc1. The first-order valence-corrected chi connectivity index (χ1v) is 7.48. The monoisotopic (exact) mass is 314 g/mol. The van der Waals surface area contributed by atoms with E-state index in [1.165, 1.54) is 7.11 Å². The summed E-state index contributed by atoms with van der Waals surface area (Å²) in [6, 6.07) is 16.4. The van der Waals surface area contributed by atoms with Crippen LogP contribution in [-0.4, -0.2) is 25.7 Å². The van der Waals surface area contributed by atoms with E-state index in [1.54, 1.807) is 0 Å². The van der Waals surface area contributed by atoms with E-state index < -0.39 is 6.04 Å². The Hall–Kier alpha value is -2.37. The molecule has 3 N–H and O–H groups in total. The fourth-order valence-electron chi connectivity index (χ4n) is 2.11. The van der Waals surface area contributed by atoms with Crippen LogP contribution in [0.1, 0.15) is 18.5 Å². The average molecular weight is 314 g/mol. The lowest BCUT2D eigenvalue weighted by atomic mass is 10.1. The van der Waals surface area contributed by atoms with Gasteiger partial charge in [0.05, 0.1) is 12.6 Å². The standard InChI is InChI=1S/C18H22N2O3/c1-13(20-18(21)17(19)12-22-2)14-8-10-16(11-9-14)23-15-6-4-3-5-7-15/h3-11,13,17H,12,19H2,1-2H3,(H,20,21). The van der Waals surface area contributed by atoms with Crippen molar-refractivity contribution in [1.29, 1.82) is 0 Å². The van der Waals surface area contributed by atoms with E-state index in [4.69, 9.17) is 15.2 Å². The van der Waals surface area contributed by atoms with Crippen LogP contribution < -0.4 is 15.8 Å². The Labute approximate surface area is 136 Å². The van der Waals surface area contributed by atoms with Crippen molar-refractivity contribution < 1.29 is 14.3 Å². The molecule has 0 aliphatic rings. The highest BCUT2D eigenvalue weighted by atomic mass is 16.5. The number of carbonyl (C=O) groups is 1. The molecule has 0 fully saturated rings. The Bertz CT molecular complexity index is 614. The fraction of sp³-hybridized carbons (Fsp3) is 0.278. The van der Waals surface area contributed by atoms with Gasteiger partial charge in [0.2, 0.25) is 5.91 Å². The van der Waals surface area contributed by atoms with Gasteiger partial charge >= 0.3 is 0 Å². The molecule has 122 valence electrons. The minimum Gasteiger partial charge on any atom is -0.457 e. The number of ether oxygens (including phenoxy) is 2. The third kappa shape index (κ3) is 5.09. The first kappa shape index (κ1) is 17.0. The zero-order valence-electron chi connectivity index (χ0n) is 13.4.